The summed E-state index contributed by atoms with van der Waals surface area (Å²) >= 11 is 6.16. The molecule has 0 radical (unpaired) electrons. The van der Waals surface area contributed by atoms with E-state index in [0.717, 1.165) is 28.8 Å². The summed E-state index contributed by atoms with van der Waals surface area (Å²) in [5.41, 5.74) is 2.91. The Bertz CT molecular complexity index is 944. The number of carbonyl (C=O) groups is 1. The molecular weight excluding hydrogens is 336 g/mol. The average molecular weight is 355 g/mol. The summed E-state index contributed by atoms with van der Waals surface area (Å²) in [7, 11) is 1.60. The number of nitrogens with one attached hydrogen (secondary N) is 2. The molecule has 128 valence electrons. The zero-order chi connectivity index (χ0) is 17.4. The third kappa shape index (κ3) is 2.98. The quantitative estimate of drug-likeness (QED) is 0.718. The molecule has 3 aromatic rings. The molecule has 0 spiro atoms. The molecule has 2 aromatic carbocycles. The van der Waals surface area contributed by atoms with Crippen LogP contribution in [0.1, 0.15) is 28.8 Å². The van der Waals surface area contributed by atoms with Crippen molar-refractivity contribution in [2.75, 3.05) is 13.7 Å². The summed E-state index contributed by atoms with van der Waals surface area (Å²) in [4.78, 5) is 15.8. The first kappa shape index (κ1) is 16.0. The van der Waals surface area contributed by atoms with Crippen LogP contribution >= 0.6 is 11.6 Å². The van der Waals surface area contributed by atoms with Crippen LogP contribution in [-0.4, -0.2) is 24.5 Å². The highest BCUT2D eigenvalue weighted by Gasteiger charge is 2.45. The SMILES string of the molecule is COc1cccc(C(=O)NCC2(c3c[nH]c4ccc(Cl)cc34)CC2)c1. The summed E-state index contributed by atoms with van der Waals surface area (Å²) in [6.07, 6.45) is 4.17. The number of amides is 1. The lowest BCUT2D eigenvalue weighted by Crippen LogP contribution is -2.32. The van der Waals surface area contributed by atoms with Gasteiger partial charge >= 0.3 is 0 Å². The number of hydrogen-bond donors (Lipinski definition) is 2. The third-order valence-electron chi connectivity index (χ3n) is 4.99. The second-order valence-electron chi connectivity index (χ2n) is 6.59. The van der Waals surface area contributed by atoms with Gasteiger partial charge in [-0.3, -0.25) is 4.79 Å². The van der Waals surface area contributed by atoms with Crippen LogP contribution in [0.3, 0.4) is 0 Å². The molecule has 2 N–H and O–H groups in total. The summed E-state index contributed by atoms with van der Waals surface area (Å²) < 4.78 is 5.18. The summed E-state index contributed by atoms with van der Waals surface area (Å²) in [6.45, 7) is 0.614. The first-order valence-corrected chi connectivity index (χ1v) is 8.68. The van der Waals surface area contributed by atoms with Crippen molar-refractivity contribution in [3.8, 4) is 5.75 Å². The molecule has 4 nitrogen and oxygen atoms in total. The van der Waals surface area contributed by atoms with Gasteiger partial charge in [0.25, 0.3) is 5.91 Å². The highest BCUT2D eigenvalue weighted by molar-refractivity contribution is 6.31. The van der Waals surface area contributed by atoms with Gasteiger partial charge in [-0.2, -0.15) is 0 Å². The number of carbonyl (C=O) groups excluding carboxylic acids is 1. The van der Waals surface area contributed by atoms with Gasteiger partial charge in [-0.05, 0) is 54.8 Å². The zero-order valence-electron chi connectivity index (χ0n) is 13.9. The Kier molecular flexibility index (Phi) is 3.92. The Morgan fingerprint density at radius 1 is 1.28 bits per heavy atom. The van der Waals surface area contributed by atoms with Crippen molar-refractivity contribution >= 4 is 28.4 Å². The van der Waals surface area contributed by atoms with E-state index < -0.39 is 0 Å². The van der Waals surface area contributed by atoms with Crippen LogP contribution in [0.4, 0.5) is 0 Å². The summed E-state index contributed by atoms with van der Waals surface area (Å²) in [5.74, 6) is 0.600. The molecular formula is C20H19ClN2O2. The molecule has 1 heterocycles. The standard InChI is InChI=1S/C20H19ClN2O2/c1-25-15-4-2-3-13(9-15)19(24)23-12-20(7-8-20)17-11-22-18-6-5-14(21)10-16(17)18/h2-6,9-11,22H,7-8,12H2,1H3,(H,23,24). The average Bonchev–Trinajstić information content (AvgIpc) is 3.31. The lowest BCUT2D eigenvalue weighted by atomic mass is 9.95. The number of rotatable bonds is 5. The fourth-order valence-electron chi connectivity index (χ4n) is 3.34. The number of methoxy groups -OCH3 is 1. The van der Waals surface area contributed by atoms with E-state index in [0.29, 0.717) is 17.9 Å². The lowest BCUT2D eigenvalue weighted by molar-refractivity contribution is 0.0949. The Labute approximate surface area is 151 Å². The third-order valence-corrected chi connectivity index (χ3v) is 5.22. The number of H-pyrrole nitrogens is 1. The first-order chi connectivity index (χ1) is 12.1. The highest BCUT2D eigenvalue weighted by Crippen LogP contribution is 2.50. The van der Waals surface area contributed by atoms with E-state index in [1.54, 1.807) is 19.2 Å². The Morgan fingerprint density at radius 3 is 2.88 bits per heavy atom. The van der Waals surface area contributed by atoms with Crippen molar-refractivity contribution in [2.24, 2.45) is 0 Å². The predicted molar refractivity (Wildman–Crippen MR) is 99.5 cm³/mol. The smallest absolute Gasteiger partial charge is 0.251 e. The lowest BCUT2D eigenvalue weighted by Gasteiger charge is -2.16. The van der Waals surface area contributed by atoms with E-state index >= 15 is 0 Å². The molecule has 1 aliphatic carbocycles. The fraction of sp³-hybridized carbons (Fsp3) is 0.250. The van der Waals surface area contributed by atoms with Crippen LogP contribution in [0.5, 0.6) is 5.75 Å². The second-order valence-corrected chi connectivity index (χ2v) is 7.02. The molecule has 0 unspecified atom stereocenters. The number of aromatic nitrogens is 1. The van der Waals surface area contributed by atoms with Crippen molar-refractivity contribution in [1.29, 1.82) is 0 Å². The van der Waals surface area contributed by atoms with Crippen molar-refractivity contribution in [3.63, 3.8) is 0 Å². The number of aromatic amines is 1. The molecule has 4 rings (SSSR count). The number of ether oxygens (including phenoxy) is 1. The van der Waals surface area contributed by atoms with Gasteiger partial charge in [0.05, 0.1) is 7.11 Å². The Hall–Kier alpha value is -2.46. The minimum absolute atomic E-state index is 0.00252. The van der Waals surface area contributed by atoms with Gasteiger partial charge in [-0.25, -0.2) is 0 Å². The molecule has 0 saturated heterocycles. The van der Waals surface area contributed by atoms with Crippen molar-refractivity contribution < 1.29 is 9.53 Å². The van der Waals surface area contributed by atoms with Crippen LogP contribution in [0.15, 0.2) is 48.7 Å². The van der Waals surface area contributed by atoms with E-state index in [1.807, 2.05) is 36.5 Å². The maximum absolute atomic E-state index is 12.5. The molecule has 1 amide bonds. The van der Waals surface area contributed by atoms with E-state index in [4.69, 9.17) is 16.3 Å². The molecule has 0 atom stereocenters. The van der Waals surface area contributed by atoms with Crippen molar-refractivity contribution in [3.05, 3.63) is 64.8 Å². The Balaban J connectivity index is 1.53. The van der Waals surface area contributed by atoms with Crippen molar-refractivity contribution in [1.82, 2.24) is 10.3 Å². The van der Waals surface area contributed by atoms with Gasteiger partial charge in [0.2, 0.25) is 0 Å². The van der Waals surface area contributed by atoms with E-state index in [9.17, 15) is 4.79 Å². The number of halogens is 1. The van der Waals surface area contributed by atoms with Gasteiger partial charge in [0.15, 0.2) is 0 Å². The molecule has 1 aromatic heterocycles. The fourth-order valence-corrected chi connectivity index (χ4v) is 3.51. The summed E-state index contributed by atoms with van der Waals surface area (Å²) in [5, 5.41) is 4.95. The Morgan fingerprint density at radius 2 is 2.12 bits per heavy atom. The summed E-state index contributed by atoms with van der Waals surface area (Å²) in [6, 6.07) is 13.1. The number of benzene rings is 2. The maximum atomic E-state index is 12.5. The second kappa shape index (κ2) is 6.12. The number of hydrogen-bond acceptors (Lipinski definition) is 2. The van der Waals surface area contributed by atoms with E-state index in [2.05, 4.69) is 10.3 Å². The first-order valence-electron chi connectivity index (χ1n) is 8.31. The maximum Gasteiger partial charge on any atom is 0.251 e. The molecule has 1 fully saturated rings. The van der Waals surface area contributed by atoms with Crippen molar-refractivity contribution in [2.45, 2.75) is 18.3 Å². The van der Waals surface area contributed by atoms with Gasteiger partial charge in [0.1, 0.15) is 5.75 Å². The van der Waals surface area contributed by atoms with E-state index in [1.165, 1.54) is 5.56 Å². The molecule has 1 aliphatic rings. The minimum Gasteiger partial charge on any atom is -0.497 e. The molecule has 1 saturated carbocycles. The van der Waals surface area contributed by atoms with Gasteiger partial charge in [-0.15, -0.1) is 0 Å². The largest absolute Gasteiger partial charge is 0.497 e. The van der Waals surface area contributed by atoms with Gasteiger partial charge in [-0.1, -0.05) is 17.7 Å². The molecule has 0 bridgehead atoms. The van der Waals surface area contributed by atoms with Gasteiger partial charge in [0, 0.05) is 39.6 Å². The molecule has 5 heteroatoms. The van der Waals surface area contributed by atoms with E-state index in [-0.39, 0.29) is 11.3 Å². The monoisotopic (exact) mass is 354 g/mol. The van der Waals surface area contributed by atoms with Crippen LogP contribution < -0.4 is 10.1 Å². The highest BCUT2D eigenvalue weighted by atomic mass is 35.5. The molecule has 25 heavy (non-hydrogen) atoms. The van der Waals surface area contributed by atoms with Crippen LogP contribution in [0.25, 0.3) is 10.9 Å². The van der Waals surface area contributed by atoms with Crippen LogP contribution in [0.2, 0.25) is 5.02 Å². The van der Waals surface area contributed by atoms with Crippen LogP contribution in [0, 0.1) is 0 Å². The number of fused-ring (bicyclic) bond motifs is 1. The normalized spacial score (nSPS) is 15.1. The van der Waals surface area contributed by atoms with Crippen LogP contribution in [-0.2, 0) is 5.41 Å². The zero-order valence-corrected chi connectivity index (χ0v) is 14.7. The van der Waals surface area contributed by atoms with Gasteiger partial charge < -0.3 is 15.0 Å². The minimum atomic E-state index is -0.0805. The molecule has 0 aliphatic heterocycles. The predicted octanol–water partition coefficient (Wildman–Crippen LogP) is 4.29. The topological polar surface area (TPSA) is 54.1 Å².